The first kappa shape index (κ1) is 14.9. The van der Waals surface area contributed by atoms with Gasteiger partial charge in [-0.15, -0.1) is 0 Å². The number of aromatic nitrogens is 2. The summed E-state index contributed by atoms with van der Waals surface area (Å²) in [7, 11) is 1.83. The molecule has 1 atom stereocenters. The molecule has 1 unspecified atom stereocenters. The SMILES string of the molecule is CCOc1ccccc1C(N)Cc1c(C)nn(C)c1Cl. The molecule has 0 saturated carbocycles. The van der Waals surface area contributed by atoms with Gasteiger partial charge >= 0.3 is 0 Å². The summed E-state index contributed by atoms with van der Waals surface area (Å²) >= 11 is 6.26. The average Bonchev–Trinajstić information content (AvgIpc) is 2.66. The van der Waals surface area contributed by atoms with E-state index in [1.807, 2.05) is 45.2 Å². The smallest absolute Gasteiger partial charge is 0.130 e. The molecule has 2 aromatic rings. The van der Waals surface area contributed by atoms with E-state index < -0.39 is 0 Å². The Morgan fingerprint density at radius 2 is 2.10 bits per heavy atom. The molecule has 20 heavy (non-hydrogen) atoms. The molecule has 4 nitrogen and oxygen atoms in total. The van der Waals surface area contributed by atoms with Crippen molar-refractivity contribution >= 4 is 11.6 Å². The predicted octanol–water partition coefficient (Wildman–Crippen LogP) is 3.02. The third kappa shape index (κ3) is 2.97. The Kier molecular flexibility index (Phi) is 4.68. The maximum Gasteiger partial charge on any atom is 0.130 e. The quantitative estimate of drug-likeness (QED) is 0.922. The number of hydrogen-bond donors (Lipinski definition) is 1. The summed E-state index contributed by atoms with van der Waals surface area (Å²) in [6.45, 7) is 4.53. The molecule has 0 aliphatic rings. The molecule has 0 aliphatic carbocycles. The van der Waals surface area contributed by atoms with Gasteiger partial charge in [-0.2, -0.15) is 5.10 Å². The number of nitrogens with two attached hydrogens (primary N) is 1. The molecule has 0 spiro atoms. The lowest BCUT2D eigenvalue weighted by molar-refractivity contribution is 0.334. The number of para-hydroxylation sites is 1. The first-order valence-electron chi connectivity index (χ1n) is 6.69. The van der Waals surface area contributed by atoms with Crippen molar-refractivity contribution in [3.8, 4) is 5.75 Å². The summed E-state index contributed by atoms with van der Waals surface area (Å²) in [6, 6.07) is 7.68. The van der Waals surface area contributed by atoms with Gasteiger partial charge in [0.15, 0.2) is 0 Å². The molecule has 5 heteroatoms. The molecule has 0 bridgehead atoms. The summed E-state index contributed by atoms with van der Waals surface area (Å²) in [6.07, 6.45) is 0.641. The molecular formula is C15H20ClN3O. The van der Waals surface area contributed by atoms with Crippen LogP contribution in [0.4, 0.5) is 0 Å². The van der Waals surface area contributed by atoms with Crippen LogP contribution in [0.3, 0.4) is 0 Å². The van der Waals surface area contributed by atoms with Crippen LogP contribution in [-0.4, -0.2) is 16.4 Å². The van der Waals surface area contributed by atoms with E-state index >= 15 is 0 Å². The fourth-order valence-corrected chi connectivity index (χ4v) is 2.56. The summed E-state index contributed by atoms with van der Waals surface area (Å²) in [5.74, 6) is 0.833. The van der Waals surface area contributed by atoms with E-state index in [0.717, 1.165) is 22.6 Å². The van der Waals surface area contributed by atoms with Gasteiger partial charge in [-0.05, 0) is 26.3 Å². The number of ether oxygens (including phenoxy) is 1. The lowest BCUT2D eigenvalue weighted by atomic mass is 9.99. The van der Waals surface area contributed by atoms with Gasteiger partial charge in [-0.3, -0.25) is 4.68 Å². The minimum absolute atomic E-state index is 0.168. The normalized spacial score (nSPS) is 12.4. The number of rotatable bonds is 5. The molecule has 0 aliphatic heterocycles. The van der Waals surface area contributed by atoms with Crippen LogP contribution in [-0.2, 0) is 13.5 Å². The fourth-order valence-electron chi connectivity index (χ4n) is 2.31. The van der Waals surface area contributed by atoms with Gasteiger partial charge in [0.1, 0.15) is 10.9 Å². The van der Waals surface area contributed by atoms with Crippen molar-refractivity contribution in [2.75, 3.05) is 6.61 Å². The third-order valence-corrected chi connectivity index (χ3v) is 3.78. The van der Waals surface area contributed by atoms with E-state index in [1.54, 1.807) is 4.68 Å². The van der Waals surface area contributed by atoms with E-state index in [-0.39, 0.29) is 6.04 Å². The van der Waals surface area contributed by atoms with Crippen molar-refractivity contribution in [2.45, 2.75) is 26.3 Å². The van der Waals surface area contributed by atoms with Crippen LogP contribution in [0.2, 0.25) is 5.15 Å². The number of nitrogens with zero attached hydrogens (tertiary/aromatic N) is 2. The molecule has 0 radical (unpaired) electrons. The Hall–Kier alpha value is -1.52. The number of hydrogen-bond acceptors (Lipinski definition) is 3. The Bertz CT molecular complexity index is 595. The highest BCUT2D eigenvalue weighted by Gasteiger charge is 2.18. The maximum absolute atomic E-state index is 6.33. The van der Waals surface area contributed by atoms with Gasteiger partial charge in [0, 0.05) is 24.2 Å². The van der Waals surface area contributed by atoms with Gasteiger partial charge in [0.25, 0.3) is 0 Å². The zero-order valence-corrected chi connectivity index (χ0v) is 12.8. The van der Waals surface area contributed by atoms with E-state index in [9.17, 15) is 0 Å². The molecule has 108 valence electrons. The van der Waals surface area contributed by atoms with Crippen molar-refractivity contribution in [2.24, 2.45) is 12.8 Å². The highest BCUT2D eigenvalue weighted by atomic mass is 35.5. The van der Waals surface area contributed by atoms with Crippen molar-refractivity contribution in [3.05, 3.63) is 46.2 Å². The Labute approximate surface area is 124 Å². The van der Waals surface area contributed by atoms with Crippen molar-refractivity contribution < 1.29 is 4.74 Å². The topological polar surface area (TPSA) is 53.1 Å². The van der Waals surface area contributed by atoms with Gasteiger partial charge in [0.05, 0.1) is 12.3 Å². The number of aryl methyl sites for hydroxylation is 2. The highest BCUT2D eigenvalue weighted by Crippen LogP contribution is 2.29. The van der Waals surface area contributed by atoms with Gasteiger partial charge in [0.2, 0.25) is 0 Å². The Morgan fingerprint density at radius 1 is 1.40 bits per heavy atom. The van der Waals surface area contributed by atoms with Crippen LogP contribution in [0.5, 0.6) is 5.75 Å². The summed E-state index contributed by atoms with van der Waals surface area (Å²) in [5.41, 5.74) is 9.24. The third-order valence-electron chi connectivity index (χ3n) is 3.31. The van der Waals surface area contributed by atoms with Crippen LogP contribution >= 0.6 is 11.6 Å². The van der Waals surface area contributed by atoms with Crippen LogP contribution in [0, 0.1) is 6.92 Å². The zero-order valence-electron chi connectivity index (χ0n) is 12.1. The second-order valence-corrected chi connectivity index (χ2v) is 5.12. The zero-order chi connectivity index (χ0) is 14.7. The molecule has 0 saturated heterocycles. The second-order valence-electron chi connectivity index (χ2n) is 4.76. The lowest BCUT2D eigenvalue weighted by Crippen LogP contribution is -2.15. The second kappa shape index (κ2) is 6.29. The molecule has 2 N–H and O–H groups in total. The van der Waals surface area contributed by atoms with E-state index in [0.29, 0.717) is 18.2 Å². The van der Waals surface area contributed by atoms with E-state index in [1.165, 1.54) is 0 Å². The standard InChI is InChI=1S/C15H20ClN3O/c1-4-20-14-8-6-5-7-11(14)13(17)9-12-10(2)18-19(3)15(12)16/h5-8,13H,4,9,17H2,1-3H3. The van der Waals surface area contributed by atoms with Crippen molar-refractivity contribution in [1.29, 1.82) is 0 Å². The molecule has 1 heterocycles. The largest absolute Gasteiger partial charge is 0.494 e. The maximum atomic E-state index is 6.33. The average molecular weight is 294 g/mol. The summed E-state index contributed by atoms with van der Waals surface area (Å²) in [4.78, 5) is 0. The van der Waals surface area contributed by atoms with Crippen molar-refractivity contribution in [3.63, 3.8) is 0 Å². The minimum atomic E-state index is -0.168. The first-order valence-corrected chi connectivity index (χ1v) is 7.07. The van der Waals surface area contributed by atoms with Crippen LogP contribution in [0.1, 0.15) is 29.8 Å². The Morgan fingerprint density at radius 3 is 2.70 bits per heavy atom. The van der Waals surface area contributed by atoms with E-state index in [4.69, 9.17) is 22.1 Å². The van der Waals surface area contributed by atoms with Crippen molar-refractivity contribution in [1.82, 2.24) is 9.78 Å². The summed E-state index contributed by atoms with van der Waals surface area (Å²) < 4.78 is 7.30. The fraction of sp³-hybridized carbons (Fsp3) is 0.400. The van der Waals surface area contributed by atoms with Crippen LogP contribution in [0.15, 0.2) is 24.3 Å². The van der Waals surface area contributed by atoms with Crippen LogP contribution in [0.25, 0.3) is 0 Å². The molecule has 0 fully saturated rings. The molecule has 1 aromatic heterocycles. The monoisotopic (exact) mass is 293 g/mol. The van der Waals surface area contributed by atoms with Crippen LogP contribution < -0.4 is 10.5 Å². The minimum Gasteiger partial charge on any atom is -0.494 e. The van der Waals surface area contributed by atoms with E-state index in [2.05, 4.69) is 5.10 Å². The predicted molar refractivity (Wildman–Crippen MR) is 81.2 cm³/mol. The van der Waals surface area contributed by atoms with Gasteiger partial charge in [-0.25, -0.2) is 0 Å². The van der Waals surface area contributed by atoms with Gasteiger partial charge < -0.3 is 10.5 Å². The molecular weight excluding hydrogens is 274 g/mol. The lowest BCUT2D eigenvalue weighted by Gasteiger charge is -2.16. The summed E-state index contributed by atoms with van der Waals surface area (Å²) in [5, 5.41) is 4.96. The highest BCUT2D eigenvalue weighted by molar-refractivity contribution is 6.30. The molecule has 1 aromatic carbocycles. The Balaban J connectivity index is 2.26. The molecule has 2 rings (SSSR count). The van der Waals surface area contributed by atoms with Gasteiger partial charge in [-0.1, -0.05) is 29.8 Å². The number of halogens is 1. The number of benzene rings is 1. The first-order chi connectivity index (χ1) is 9.54. The molecule has 0 amide bonds.